The second-order valence-electron chi connectivity index (χ2n) is 3.07. The highest BCUT2D eigenvalue weighted by Gasteiger charge is 2.19. The highest BCUT2D eigenvalue weighted by molar-refractivity contribution is 5.99. The predicted molar refractivity (Wildman–Crippen MR) is 55.5 cm³/mol. The Hall–Kier alpha value is -2.15. The van der Waals surface area contributed by atoms with E-state index in [4.69, 9.17) is 10.2 Å². The first-order valence-corrected chi connectivity index (χ1v) is 4.65. The number of nitrogens with one attached hydrogen (secondary N) is 1. The minimum Gasteiger partial charge on any atom is -0.477 e. The third-order valence-corrected chi connectivity index (χ3v) is 2.01. The summed E-state index contributed by atoms with van der Waals surface area (Å²) >= 11 is 0. The fraction of sp³-hybridized carbons (Fsp3) is 0.222. The Labute approximate surface area is 90.4 Å². The Morgan fingerprint density at radius 3 is 3.06 bits per heavy atom. The zero-order chi connectivity index (χ0) is 11.5. The summed E-state index contributed by atoms with van der Waals surface area (Å²) in [7, 11) is 0. The number of carboxylic acids is 1. The van der Waals surface area contributed by atoms with Gasteiger partial charge in [0.25, 0.3) is 0 Å². The first-order chi connectivity index (χ1) is 7.74. The molecule has 0 radical (unpaired) electrons. The Kier molecular flexibility index (Phi) is 2.69. The zero-order valence-electron chi connectivity index (χ0n) is 8.29. The maximum absolute atomic E-state index is 11.1. The van der Waals surface area contributed by atoms with E-state index < -0.39 is 5.97 Å². The number of nitrogens with zero attached hydrogens (tertiary/aromatic N) is 3. The molecule has 0 aliphatic rings. The molecule has 0 spiro atoms. The van der Waals surface area contributed by atoms with Gasteiger partial charge in [-0.3, -0.25) is 0 Å². The minimum atomic E-state index is -1.10. The molecule has 0 aliphatic carbocycles. The fourth-order valence-electron chi connectivity index (χ4n) is 1.38. The summed E-state index contributed by atoms with van der Waals surface area (Å²) in [5, 5.41) is 24.5. The van der Waals surface area contributed by atoms with Gasteiger partial charge in [-0.1, -0.05) is 0 Å². The van der Waals surface area contributed by atoms with Crippen molar-refractivity contribution in [3.63, 3.8) is 0 Å². The van der Waals surface area contributed by atoms with Gasteiger partial charge in [-0.25, -0.2) is 14.3 Å². The predicted octanol–water partition coefficient (Wildman–Crippen LogP) is -0.168. The molecular weight excluding hydrogens is 212 g/mol. The van der Waals surface area contributed by atoms with E-state index in [1.54, 1.807) is 12.3 Å². The number of rotatable bonds is 4. The lowest BCUT2D eigenvalue weighted by molar-refractivity contribution is 0.0699. The number of aliphatic hydroxyl groups excluding tert-OH is 1. The van der Waals surface area contributed by atoms with Crippen LogP contribution in [0.2, 0.25) is 0 Å². The van der Waals surface area contributed by atoms with Crippen LogP contribution in [0.4, 0.5) is 5.82 Å². The number of anilines is 1. The molecule has 0 atom stereocenters. The van der Waals surface area contributed by atoms with Crippen LogP contribution >= 0.6 is 0 Å². The number of aromatic nitrogens is 3. The molecule has 0 amide bonds. The molecule has 7 heteroatoms. The monoisotopic (exact) mass is 222 g/mol. The first-order valence-electron chi connectivity index (χ1n) is 4.65. The van der Waals surface area contributed by atoms with Crippen molar-refractivity contribution in [3.8, 4) is 0 Å². The van der Waals surface area contributed by atoms with Crippen LogP contribution in [0.3, 0.4) is 0 Å². The Morgan fingerprint density at radius 2 is 2.38 bits per heavy atom. The molecule has 2 heterocycles. The second-order valence-corrected chi connectivity index (χ2v) is 3.07. The number of fused-ring (bicyclic) bond motifs is 1. The fourth-order valence-corrected chi connectivity index (χ4v) is 1.38. The van der Waals surface area contributed by atoms with Gasteiger partial charge in [-0.05, 0) is 6.07 Å². The molecule has 0 fully saturated rings. The number of carboxylic acid groups (broad SMARTS) is 1. The largest absolute Gasteiger partial charge is 0.477 e. The molecular formula is C9H10N4O3. The van der Waals surface area contributed by atoms with Crippen LogP contribution in [0, 0.1) is 0 Å². The lowest BCUT2D eigenvalue weighted by atomic mass is 10.3. The summed E-state index contributed by atoms with van der Waals surface area (Å²) in [4.78, 5) is 15.0. The zero-order valence-corrected chi connectivity index (χ0v) is 8.29. The molecule has 2 aromatic heterocycles. The van der Waals surface area contributed by atoms with E-state index in [1.165, 1.54) is 10.7 Å². The van der Waals surface area contributed by atoms with E-state index in [0.717, 1.165) is 0 Å². The average molecular weight is 222 g/mol. The van der Waals surface area contributed by atoms with Crippen LogP contribution < -0.4 is 5.32 Å². The van der Waals surface area contributed by atoms with Gasteiger partial charge in [0, 0.05) is 18.9 Å². The molecule has 0 bridgehead atoms. The van der Waals surface area contributed by atoms with Crippen LogP contribution in [-0.4, -0.2) is 43.9 Å². The molecule has 7 nitrogen and oxygen atoms in total. The topological polar surface area (TPSA) is 99.8 Å². The number of hydrogen-bond acceptors (Lipinski definition) is 5. The summed E-state index contributed by atoms with van der Waals surface area (Å²) in [6.07, 6.45) is 3.11. The maximum Gasteiger partial charge on any atom is 0.343 e. The van der Waals surface area contributed by atoms with E-state index in [9.17, 15) is 4.79 Å². The standard InChI is InChI=1S/C9H10N4O3/c14-5-3-10-7-6(9(15)16)8-11-2-1-4-13(8)12-7/h1-2,4,14H,3,5H2,(H,10,12)(H,15,16). The van der Waals surface area contributed by atoms with Crippen LogP contribution in [0.5, 0.6) is 0 Å². The Morgan fingerprint density at radius 1 is 1.56 bits per heavy atom. The molecule has 0 aromatic carbocycles. The van der Waals surface area contributed by atoms with Crippen molar-refractivity contribution in [2.75, 3.05) is 18.5 Å². The first kappa shape index (κ1) is 10.4. The van der Waals surface area contributed by atoms with Gasteiger partial charge < -0.3 is 15.5 Å². The highest BCUT2D eigenvalue weighted by atomic mass is 16.4. The Balaban J connectivity index is 2.54. The molecule has 16 heavy (non-hydrogen) atoms. The number of hydrogen-bond donors (Lipinski definition) is 3. The quantitative estimate of drug-likeness (QED) is 0.664. The minimum absolute atomic E-state index is 0.00838. The molecule has 2 rings (SSSR count). The average Bonchev–Trinajstić information content (AvgIpc) is 2.64. The summed E-state index contributed by atoms with van der Waals surface area (Å²) in [6, 6.07) is 1.65. The molecule has 2 aromatic rings. The van der Waals surface area contributed by atoms with Crippen molar-refractivity contribution in [2.45, 2.75) is 0 Å². The van der Waals surface area contributed by atoms with E-state index in [0.29, 0.717) is 0 Å². The van der Waals surface area contributed by atoms with Crippen LogP contribution in [-0.2, 0) is 0 Å². The van der Waals surface area contributed by atoms with Crippen molar-refractivity contribution in [1.82, 2.24) is 14.6 Å². The lowest BCUT2D eigenvalue weighted by Gasteiger charge is -1.99. The number of carbonyl (C=O) groups is 1. The van der Waals surface area contributed by atoms with E-state index in [-0.39, 0.29) is 30.2 Å². The van der Waals surface area contributed by atoms with Gasteiger partial charge in [0.15, 0.2) is 11.5 Å². The van der Waals surface area contributed by atoms with Crippen LogP contribution in [0.1, 0.15) is 10.4 Å². The SMILES string of the molecule is O=C(O)c1c(NCCO)nn2cccnc12. The van der Waals surface area contributed by atoms with Gasteiger partial charge in [-0.2, -0.15) is 0 Å². The van der Waals surface area contributed by atoms with Gasteiger partial charge in [0.1, 0.15) is 5.56 Å². The highest BCUT2D eigenvalue weighted by Crippen LogP contribution is 2.17. The molecule has 84 valence electrons. The van der Waals surface area contributed by atoms with Crippen molar-refractivity contribution >= 4 is 17.4 Å². The summed E-state index contributed by atoms with van der Waals surface area (Å²) in [5.74, 6) is -0.894. The van der Waals surface area contributed by atoms with E-state index in [2.05, 4.69) is 15.4 Å². The smallest absolute Gasteiger partial charge is 0.343 e. The maximum atomic E-state index is 11.1. The molecule has 0 saturated heterocycles. The molecule has 0 unspecified atom stereocenters. The number of aromatic carboxylic acids is 1. The normalized spacial score (nSPS) is 10.6. The van der Waals surface area contributed by atoms with Crippen LogP contribution in [0.25, 0.3) is 5.65 Å². The third kappa shape index (κ3) is 1.68. The number of aliphatic hydroxyl groups is 1. The third-order valence-electron chi connectivity index (χ3n) is 2.01. The van der Waals surface area contributed by atoms with Crippen molar-refractivity contribution in [3.05, 3.63) is 24.0 Å². The van der Waals surface area contributed by atoms with Crippen molar-refractivity contribution in [2.24, 2.45) is 0 Å². The second kappa shape index (κ2) is 4.15. The van der Waals surface area contributed by atoms with E-state index >= 15 is 0 Å². The van der Waals surface area contributed by atoms with Crippen LogP contribution in [0.15, 0.2) is 18.5 Å². The summed E-state index contributed by atoms with van der Waals surface area (Å²) < 4.78 is 1.38. The van der Waals surface area contributed by atoms with E-state index in [1.807, 2.05) is 0 Å². The van der Waals surface area contributed by atoms with Gasteiger partial charge >= 0.3 is 5.97 Å². The van der Waals surface area contributed by atoms with Gasteiger partial charge in [0.05, 0.1) is 6.61 Å². The van der Waals surface area contributed by atoms with Gasteiger partial charge in [-0.15, -0.1) is 5.10 Å². The lowest BCUT2D eigenvalue weighted by Crippen LogP contribution is -2.09. The van der Waals surface area contributed by atoms with Crippen molar-refractivity contribution < 1.29 is 15.0 Å². The van der Waals surface area contributed by atoms with Crippen molar-refractivity contribution in [1.29, 1.82) is 0 Å². The Bertz CT molecular complexity index is 522. The summed E-state index contributed by atoms with van der Waals surface area (Å²) in [5.41, 5.74) is 0.282. The summed E-state index contributed by atoms with van der Waals surface area (Å²) in [6.45, 7) is 0.143. The molecule has 3 N–H and O–H groups in total. The van der Waals surface area contributed by atoms with Gasteiger partial charge in [0.2, 0.25) is 0 Å². The molecule has 0 saturated carbocycles. The molecule has 0 aliphatic heterocycles.